The molecular weight excluding hydrogens is 116 g/mol. The lowest BCUT2D eigenvalue weighted by Crippen LogP contribution is -2.02. The smallest absolute Gasteiger partial charge is 0.151 e. The highest BCUT2D eigenvalue weighted by molar-refractivity contribution is 6.00. The first-order chi connectivity index (χ1) is 4.16. The molecule has 0 aliphatic rings. The lowest BCUT2D eigenvalue weighted by atomic mass is 10.4. The lowest BCUT2D eigenvalue weighted by Gasteiger charge is -2.00. The van der Waals surface area contributed by atoms with Gasteiger partial charge in [0.1, 0.15) is 0 Å². The van der Waals surface area contributed by atoms with E-state index >= 15 is 0 Å². The van der Waals surface area contributed by atoms with Crippen molar-refractivity contribution in [3.8, 4) is 0 Å². The Balaban J connectivity index is 3.70. The van der Waals surface area contributed by atoms with Gasteiger partial charge in [-0.05, 0) is 0 Å². The zero-order chi connectivity index (χ0) is 7.28. The minimum Gasteiger partial charge on any atom is -0.303 e. The Morgan fingerprint density at radius 3 is 2.56 bits per heavy atom. The van der Waals surface area contributed by atoms with Gasteiger partial charge in [-0.15, -0.1) is 0 Å². The van der Waals surface area contributed by atoms with Crippen LogP contribution < -0.4 is 0 Å². The van der Waals surface area contributed by atoms with Gasteiger partial charge in [0.2, 0.25) is 0 Å². The fourth-order valence-corrected chi connectivity index (χ4v) is 0.220. The first-order valence-electron chi connectivity index (χ1n) is 2.52. The minimum atomic E-state index is 0.378. The molecule has 0 rings (SSSR count). The van der Waals surface area contributed by atoms with Crippen LogP contribution in [0, 0.1) is 0 Å². The normalized spacial score (nSPS) is 9.56. The summed E-state index contributed by atoms with van der Waals surface area (Å²) in [5.41, 5.74) is 0.378. The second kappa shape index (κ2) is 3.83. The summed E-state index contributed by atoms with van der Waals surface area (Å²) in [6.45, 7) is 3.40. The Hall–Kier alpha value is -1.12. The van der Waals surface area contributed by atoms with E-state index in [0.29, 0.717) is 11.9 Å². The van der Waals surface area contributed by atoms with Gasteiger partial charge in [0.25, 0.3) is 0 Å². The van der Waals surface area contributed by atoms with Gasteiger partial charge >= 0.3 is 0 Å². The molecule has 0 aromatic heterocycles. The summed E-state index contributed by atoms with van der Waals surface area (Å²) in [4.78, 5) is 9.91. The van der Waals surface area contributed by atoms with E-state index in [1.807, 2.05) is 0 Å². The molecule has 0 fully saturated rings. The third-order valence-electron chi connectivity index (χ3n) is 0.606. The van der Waals surface area contributed by atoms with Crippen molar-refractivity contribution in [2.75, 3.05) is 14.1 Å². The number of carbonyl (C=O) groups is 1. The number of nitrogens with zero attached hydrogens (tertiary/aromatic N) is 2. The number of aldehydes is 1. The summed E-state index contributed by atoms with van der Waals surface area (Å²) in [5, 5.41) is 5.36. The van der Waals surface area contributed by atoms with E-state index in [2.05, 4.69) is 11.7 Å². The van der Waals surface area contributed by atoms with Crippen molar-refractivity contribution >= 4 is 12.5 Å². The summed E-state index contributed by atoms with van der Waals surface area (Å²) in [5.74, 6) is 0. The van der Waals surface area contributed by atoms with Crippen LogP contribution in [0.5, 0.6) is 0 Å². The average Bonchev–Trinajstić information content (AvgIpc) is 1.83. The van der Waals surface area contributed by atoms with Crippen LogP contribution >= 0.6 is 0 Å². The molecule has 0 aliphatic heterocycles. The maximum absolute atomic E-state index is 9.91. The van der Waals surface area contributed by atoms with Gasteiger partial charge in [0, 0.05) is 19.7 Å². The van der Waals surface area contributed by atoms with Crippen LogP contribution in [0.15, 0.2) is 17.3 Å². The van der Waals surface area contributed by atoms with Crippen molar-refractivity contribution in [3.05, 3.63) is 12.2 Å². The summed E-state index contributed by atoms with van der Waals surface area (Å²) in [7, 11) is 3.54. The molecule has 9 heavy (non-hydrogen) atoms. The molecule has 0 radical (unpaired) electrons. The van der Waals surface area contributed by atoms with Crippen LogP contribution in [0.4, 0.5) is 0 Å². The second-order valence-electron chi connectivity index (χ2n) is 1.78. The molecule has 0 heterocycles. The Labute approximate surface area is 54.7 Å². The minimum absolute atomic E-state index is 0.378. The molecule has 0 atom stereocenters. The third-order valence-corrected chi connectivity index (χ3v) is 0.606. The molecule has 0 saturated carbocycles. The van der Waals surface area contributed by atoms with E-state index in [-0.39, 0.29) is 0 Å². The molecule has 0 aliphatic carbocycles. The highest BCUT2D eigenvalue weighted by Crippen LogP contribution is 1.78. The maximum Gasteiger partial charge on any atom is 0.151 e. The molecule has 0 aromatic carbocycles. The number of carbonyl (C=O) groups excluding carboxylic acids is 1. The van der Waals surface area contributed by atoms with Crippen LogP contribution in [-0.4, -0.2) is 31.6 Å². The molecule has 0 bridgehead atoms. The van der Waals surface area contributed by atoms with E-state index in [9.17, 15) is 4.79 Å². The van der Waals surface area contributed by atoms with Crippen LogP contribution in [0.1, 0.15) is 0 Å². The predicted octanol–water partition coefficient (Wildman–Crippen LogP) is 0.289. The summed E-state index contributed by atoms with van der Waals surface area (Å²) in [6.07, 6.45) is 2.07. The Kier molecular flexibility index (Phi) is 3.35. The highest BCUT2D eigenvalue weighted by Gasteiger charge is 1.81. The van der Waals surface area contributed by atoms with Crippen LogP contribution in [0.2, 0.25) is 0 Å². The molecule has 0 spiro atoms. The fourth-order valence-electron chi connectivity index (χ4n) is 0.220. The van der Waals surface area contributed by atoms with Crippen molar-refractivity contribution < 1.29 is 4.79 Å². The molecule has 0 saturated heterocycles. The van der Waals surface area contributed by atoms with Gasteiger partial charge < -0.3 is 5.01 Å². The van der Waals surface area contributed by atoms with Crippen molar-refractivity contribution in [3.63, 3.8) is 0 Å². The maximum atomic E-state index is 9.91. The van der Waals surface area contributed by atoms with Crippen LogP contribution in [0.3, 0.4) is 0 Å². The van der Waals surface area contributed by atoms with Crippen LogP contribution in [-0.2, 0) is 4.79 Å². The van der Waals surface area contributed by atoms with Gasteiger partial charge in [-0.3, -0.25) is 4.79 Å². The monoisotopic (exact) mass is 126 g/mol. The number of hydrazone groups is 1. The standard InChI is InChI=1S/C6H10N2O/c1-6(5-9)4-7-8(2)3/h4-5H,1H2,2-3H3/b7-4-. The zero-order valence-corrected chi connectivity index (χ0v) is 5.66. The van der Waals surface area contributed by atoms with Crippen molar-refractivity contribution in [2.45, 2.75) is 0 Å². The number of hydrogen-bond donors (Lipinski definition) is 0. The Morgan fingerprint density at radius 1 is 1.67 bits per heavy atom. The van der Waals surface area contributed by atoms with Gasteiger partial charge in [-0.1, -0.05) is 6.58 Å². The van der Waals surface area contributed by atoms with E-state index < -0.39 is 0 Å². The molecule has 0 aromatic rings. The van der Waals surface area contributed by atoms with E-state index in [0.717, 1.165) is 0 Å². The summed E-state index contributed by atoms with van der Waals surface area (Å²) < 4.78 is 0. The first-order valence-corrected chi connectivity index (χ1v) is 2.52. The zero-order valence-electron chi connectivity index (χ0n) is 5.66. The second-order valence-corrected chi connectivity index (χ2v) is 1.78. The van der Waals surface area contributed by atoms with E-state index in [4.69, 9.17) is 0 Å². The number of allylic oxidation sites excluding steroid dienone is 1. The van der Waals surface area contributed by atoms with E-state index in [1.54, 1.807) is 19.1 Å². The molecule has 3 nitrogen and oxygen atoms in total. The topological polar surface area (TPSA) is 32.7 Å². The fraction of sp³-hybridized carbons (Fsp3) is 0.333. The Morgan fingerprint density at radius 2 is 2.22 bits per heavy atom. The molecular formula is C6H10N2O. The highest BCUT2D eigenvalue weighted by atomic mass is 16.1. The third kappa shape index (κ3) is 4.74. The average molecular weight is 126 g/mol. The molecule has 3 heteroatoms. The first kappa shape index (κ1) is 7.88. The van der Waals surface area contributed by atoms with Gasteiger partial charge in [-0.25, -0.2) is 0 Å². The van der Waals surface area contributed by atoms with Gasteiger partial charge in [-0.2, -0.15) is 5.10 Å². The van der Waals surface area contributed by atoms with Crippen LogP contribution in [0.25, 0.3) is 0 Å². The quantitative estimate of drug-likeness (QED) is 0.235. The van der Waals surface area contributed by atoms with Crippen molar-refractivity contribution in [2.24, 2.45) is 5.10 Å². The van der Waals surface area contributed by atoms with Gasteiger partial charge in [0.15, 0.2) is 6.29 Å². The molecule has 0 unspecified atom stereocenters. The summed E-state index contributed by atoms with van der Waals surface area (Å²) >= 11 is 0. The molecule has 50 valence electrons. The largest absolute Gasteiger partial charge is 0.303 e. The Bertz CT molecular complexity index is 138. The van der Waals surface area contributed by atoms with Crippen molar-refractivity contribution in [1.29, 1.82) is 0 Å². The number of rotatable bonds is 3. The van der Waals surface area contributed by atoms with Crippen molar-refractivity contribution in [1.82, 2.24) is 5.01 Å². The summed E-state index contributed by atoms with van der Waals surface area (Å²) in [6, 6.07) is 0. The molecule has 0 N–H and O–H groups in total. The number of hydrogen-bond acceptors (Lipinski definition) is 3. The lowest BCUT2D eigenvalue weighted by molar-refractivity contribution is -0.104. The SMILES string of the molecule is C=C(C=O)/C=N\N(C)C. The molecule has 0 amide bonds. The van der Waals surface area contributed by atoms with E-state index in [1.165, 1.54) is 6.21 Å². The van der Waals surface area contributed by atoms with Gasteiger partial charge in [0.05, 0.1) is 6.21 Å². The predicted molar refractivity (Wildman–Crippen MR) is 37.4 cm³/mol.